The first-order chi connectivity index (χ1) is 7.99. The first-order valence-electron chi connectivity index (χ1n) is 5.03. The Morgan fingerprint density at radius 1 is 1.35 bits per heavy atom. The van der Waals surface area contributed by atoms with E-state index in [0.29, 0.717) is 10.7 Å². The van der Waals surface area contributed by atoms with Gasteiger partial charge in [0.15, 0.2) is 16.7 Å². The molecule has 2 N–H and O–H groups in total. The number of benzene rings is 1. The molecule has 0 spiro atoms. The topological polar surface area (TPSA) is 36.4 Å². The molecule has 6 heteroatoms. The molecule has 0 saturated carbocycles. The van der Waals surface area contributed by atoms with Crippen molar-refractivity contribution in [2.45, 2.75) is 19.9 Å². The highest BCUT2D eigenvalue weighted by Gasteiger charge is 2.00. The van der Waals surface area contributed by atoms with E-state index in [1.165, 1.54) is 12.3 Å². The van der Waals surface area contributed by atoms with Crippen LogP contribution in [0.5, 0.6) is 0 Å². The van der Waals surface area contributed by atoms with Gasteiger partial charge in [-0.15, -0.1) is 0 Å². The molecule has 0 aromatic heterocycles. The monoisotopic (exact) mass is 257 g/mol. The normalized spacial score (nSPS) is 10.9. The van der Waals surface area contributed by atoms with E-state index in [9.17, 15) is 8.78 Å². The van der Waals surface area contributed by atoms with E-state index < -0.39 is 11.6 Å². The highest BCUT2D eigenvalue weighted by atomic mass is 32.1. The van der Waals surface area contributed by atoms with Crippen molar-refractivity contribution in [1.29, 1.82) is 0 Å². The first kappa shape index (κ1) is 13.5. The fraction of sp³-hybridized carbons (Fsp3) is 0.273. The van der Waals surface area contributed by atoms with Gasteiger partial charge < -0.3 is 5.32 Å². The lowest BCUT2D eigenvalue weighted by Crippen LogP contribution is -2.36. The van der Waals surface area contributed by atoms with Crippen molar-refractivity contribution in [3.63, 3.8) is 0 Å². The number of hydrazone groups is 1. The lowest BCUT2D eigenvalue weighted by atomic mass is 10.2. The van der Waals surface area contributed by atoms with Gasteiger partial charge in [-0.2, -0.15) is 5.10 Å². The fourth-order valence-electron chi connectivity index (χ4n) is 1.05. The van der Waals surface area contributed by atoms with Crippen LogP contribution < -0.4 is 10.7 Å². The third kappa shape index (κ3) is 4.86. The molecular weight excluding hydrogens is 244 g/mol. The molecule has 0 amide bonds. The Morgan fingerprint density at radius 2 is 2.06 bits per heavy atom. The Morgan fingerprint density at radius 3 is 2.65 bits per heavy atom. The number of nitrogens with one attached hydrogen (secondary N) is 2. The maximum Gasteiger partial charge on any atom is 0.187 e. The quantitative estimate of drug-likeness (QED) is 0.495. The number of hydrogen-bond donors (Lipinski definition) is 2. The third-order valence-electron chi connectivity index (χ3n) is 1.74. The van der Waals surface area contributed by atoms with Gasteiger partial charge in [0.05, 0.1) is 6.21 Å². The van der Waals surface area contributed by atoms with Gasteiger partial charge in [-0.3, -0.25) is 5.43 Å². The van der Waals surface area contributed by atoms with E-state index in [4.69, 9.17) is 12.2 Å². The van der Waals surface area contributed by atoms with Crippen molar-refractivity contribution in [2.24, 2.45) is 5.10 Å². The van der Waals surface area contributed by atoms with Crippen molar-refractivity contribution >= 4 is 23.5 Å². The van der Waals surface area contributed by atoms with E-state index in [0.717, 1.165) is 12.1 Å². The highest BCUT2D eigenvalue weighted by molar-refractivity contribution is 7.80. The molecule has 1 aromatic carbocycles. The predicted molar refractivity (Wildman–Crippen MR) is 68.0 cm³/mol. The van der Waals surface area contributed by atoms with Crippen LogP contribution in [0.15, 0.2) is 23.3 Å². The summed E-state index contributed by atoms with van der Waals surface area (Å²) < 4.78 is 25.5. The zero-order valence-electron chi connectivity index (χ0n) is 9.50. The molecule has 1 aromatic rings. The maximum absolute atomic E-state index is 12.8. The Bertz CT molecular complexity index is 433. The van der Waals surface area contributed by atoms with Crippen LogP contribution in [0.1, 0.15) is 19.4 Å². The second-order valence-corrected chi connectivity index (χ2v) is 4.08. The molecule has 0 unspecified atom stereocenters. The summed E-state index contributed by atoms with van der Waals surface area (Å²) in [6.45, 7) is 3.88. The summed E-state index contributed by atoms with van der Waals surface area (Å²) >= 11 is 4.92. The Hall–Kier alpha value is -1.56. The summed E-state index contributed by atoms with van der Waals surface area (Å²) in [5.74, 6) is -1.79. The average Bonchev–Trinajstić information content (AvgIpc) is 2.22. The zero-order chi connectivity index (χ0) is 12.8. The van der Waals surface area contributed by atoms with Crippen molar-refractivity contribution in [3.05, 3.63) is 35.4 Å². The molecule has 17 heavy (non-hydrogen) atoms. The summed E-state index contributed by atoms with van der Waals surface area (Å²) in [6, 6.07) is 3.72. The van der Waals surface area contributed by atoms with E-state index in [2.05, 4.69) is 15.8 Å². The molecule has 0 bridgehead atoms. The van der Waals surface area contributed by atoms with Gasteiger partial charge in [0.25, 0.3) is 0 Å². The molecule has 0 aliphatic carbocycles. The van der Waals surface area contributed by atoms with Gasteiger partial charge in [0.1, 0.15) is 0 Å². The minimum absolute atomic E-state index is 0.202. The average molecular weight is 257 g/mol. The van der Waals surface area contributed by atoms with Gasteiger partial charge in [0, 0.05) is 6.04 Å². The summed E-state index contributed by atoms with van der Waals surface area (Å²) in [5, 5.41) is 7.09. The minimum atomic E-state index is -0.906. The minimum Gasteiger partial charge on any atom is -0.359 e. The fourth-order valence-corrected chi connectivity index (χ4v) is 1.34. The van der Waals surface area contributed by atoms with Crippen molar-refractivity contribution in [3.8, 4) is 0 Å². The number of hydrogen-bond acceptors (Lipinski definition) is 2. The SMILES string of the molecule is CC(C)NC(=S)N/N=C\c1ccc(F)c(F)c1. The number of rotatable bonds is 3. The summed E-state index contributed by atoms with van der Waals surface area (Å²) in [4.78, 5) is 0. The molecule has 0 radical (unpaired) electrons. The van der Waals surface area contributed by atoms with Gasteiger partial charge in [-0.05, 0) is 43.8 Å². The Balaban J connectivity index is 2.53. The van der Waals surface area contributed by atoms with Crippen molar-refractivity contribution in [2.75, 3.05) is 0 Å². The van der Waals surface area contributed by atoms with E-state index in [1.807, 2.05) is 13.8 Å². The maximum atomic E-state index is 12.8. The van der Waals surface area contributed by atoms with Crippen molar-refractivity contribution in [1.82, 2.24) is 10.7 Å². The molecule has 0 saturated heterocycles. The predicted octanol–water partition coefficient (Wildman–Crippen LogP) is 2.17. The van der Waals surface area contributed by atoms with Gasteiger partial charge in [-0.25, -0.2) is 8.78 Å². The zero-order valence-corrected chi connectivity index (χ0v) is 10.3. The highest BCUT2D eigenvalue weighted by Crippen LogP contribution is 2.06. The smallest absolute Gasteiger partial charge is 0.187 e. The van der Waals surface area contributed by atoms with Crippen LogP contribution in [-0.2, 0) is 0 Å². The molecule has 3 nitrogen and oxygen atoms in total. The second-order valence-electron chi connectivity index (χ2n) is 3.67. The van der Waals surface area contributed by atoms with Crippen LogP contribution in [-0.4, -0.2) is 17.4 Å². The number of halogens is 2. The van der Waals surface area contributed by atoms with Crippen LogP contribution in [0.3, 0.4) is 0 Å². The molecule has 0 aliphatic heterocycles. The van der Waals surface area contributed by atoms with Gasteiger partial charge in [-0.1, -0.05) is 6.07 Å². The number of nitrogens with zero attached hydrogens (tertiary/aromatic N) is 1. The second kappa shape index (κ2) is 6.24. The van der Waals surface area contributed by atoms with E-state index >= 15 is 0 Å². The Kier molecular flexibility index (Phi) is 4.96. The summed E-state index contributed by atoms with van der Waals surface area (Å²) in [6.07, 6.45) is 1.36. The Labute approximate surface area is 104 Å². The lowest BCUT2D eigenvalue weighted by Gasteiger charge is -2.09. The largest absolute Gasteiger partial charge is 0.359 e. The van der Waals surface area contributed by atoms with Crippen molar-refractivity contribution < 1.29 is 8.78 Å². The molecule has 0 heterocycles. The molecule has 1 rings (SSSR count). The van der Waals surface area contributed by atoms with Crippen LogP contribution in [0.4, 0.5) is 8.78 Å². The van der Waals surface area contributed by atoms with Gasteiger partial charge in [0.2, 0.25) is 0 Å². The third-order valence-corrected chi connectivity index (χ3v) is 1.95. The van der Waals surface area contributed by atoms with Crippen LogP contribution in [0.25, 0.3) is 0 Å². The molecule has 0 atom stereocenters. The van der Waals surface area contributed by atoms with Crippen LogP contribution in [0.2, 0.25) is 0 Å². The van der Waals surface area contributed by atoms with E-state index in [-0.39, 0.29) is 6.04 Å². The van der Waals surface area contributed by atoms with E-state index in [1.54, 1.807) is 0 Å². The first-order valence-corrected chi connectivity index (χ1v) is 5.44. The molecular formula is C11H13F2N3S. The van der Waals surface area contributed by atoms with Crippen LogP contribution >= 0.6 is 12.2 Å². The van der Waals surface area contributed by atoms with Crippen LogP contribution in [0, 0.1) is 11.6 Å². The van der Waals surface area contributed by atoms with Gasteiger partial charge >= 0.3 is 0 Å². The lowest BCUT2D eigenvalue weighted by molar-refractivity contribution is 0.508. The molecule has 92 valence electrons. The molecule has 0 fully saturated rings. The summed E-state index contributed by atoms with van der Waals surface area (Å²) in [7, 11) is 0. The summed E-state index contributed by atoms with van der Waals surface area (Å²) in [5.41, 5.74) is 3.02. The number of thiocarbonyl (C=S) groups is 1. The molecule has 0 aliphatic rings. The standard InChI is InChI=1S/C11H13F2N3S/c1-7(2)15-11(17)16-14-6-8-3-4-9(12)10(13)5-8/h3-7H,1-2H3,(H2,15,16,17)/b14-6-.